The Bertz CT molecular complexity index is 436. The zero-order chi connectivity index (χ0) is 14.0. The van der Waals surface area contributed by atoms with Gasteiger partial charge in [0.2, 0.25) is 0 Å². The van der Waals surface area contributed by atoms with Crippen molar-refractivity contribution in [3.63, 3.8) is 0 Å². The summed E-state index contributed by atoms with van der Waals surface area (Å²) in [7, 11) is 5.82. The van der Waals surface area contributed by atoms with E-state index in [9.17, 15) is 5.11 Å². The van der Waals surface area contributed by atoms with Gasteiger partial charge in [-0.25, -0.2) is 0 Å². The molecule has 0 saturated carbocycles. The Labute approximate surface area is 115 Å². The molecular weight excluding hydrogens is 240 g/mol. The Morgan fingerprint density at radius 2 is 2.05 bits per heavy atom. The van der Waals surface area contributed by atoms with Crippen molar-refractivity contribution in [1.29, 1.82) is 0 Å². The molecule has 1 saturated heterocycles. The highest BCUT2D eigenvalue weighted by atomic mass is 16.5. The minimum absolute atomic E-state index is 0.106. The SMILES string of the molecule is COc1ccc(C)cc1C(O)C1CN(C)CCN1C. The molecule has 1 heterocycles. The molecule has 1 aliphatic rings. The lowest BCUT2D eigenvalue weighted by molar-refractivity contribution is 0.0127. The maximum absolute atomic E-state index is 10.7. The number of ether oxygens (including phenoxy) is 1. The summed E-state index contributed by atoms with van der Waals surface area (Å²) in [4.78, 5) is 4.49. The van der Waals surface area contributed by atoms with Crippen molar-refractivity contribution in [2.75, 3.05) is 40.8 Å². The Balaban J connectivity index is 2.27. The average Bonchev–Trinajstić information content (AvgIpc) is 2.40. The van der Waals surface area contributed by atoms with Crippen molar-refractivity contribution >= 4 is 0 Å². The number of hydrogen-bond donors (Lipinski definition) is 1. The van der Waals surface area contributed by atoms with Gasteiger partial charge in [0.15, 0.2) is 0 Å². The van der Waals surface area contributed by atoms with Crippen LogP contribution in [0.1, 0.15) is 17.2 Å². The first-order valence-electron chi connectivity index (χ1n) is 6.74. The van der Waals surface area contributed by atoms with Crippen LogP contribution >= 0.6 is 0 Å². The van der Waals surface area contributed by atoms with Gasteiger partial charge in [-0.3, -0.25) is 4.90 Å². The zero-order valence-corrected chi connectivity index (χ0v) is 12.3. The van der Waals surface area contributed by atoms with Gasteiger partial charge in [-0.05, 0) is 33.2 Å². The third-order valence-electron chi connectivity index (χ3n) is 3.97. The van der Waals surface area contributed by atoms with Crippen LogP contribution in [0, 0.1) is 6.92 Å². The number of methoxy groups -OCH3 is 1. The molecule has 0 spiro atoms. The number of benzene rings is 1. The molecule has 4 nitrogen and oxygen atoms in total. The summed E-state index contributed by atoms with van der Waals surface area (Å²) >= 11 is 0. The summed E-state index contributed by atoms with van der Waals surface area (Å²) in [6.07, 6.45) is -0.525. The minimum Gasteiger partial charge on any atom is -0.496 e. The van der Waals surface area contributed by atoms with Crippen molar-refractivity contribution in [1.82, 2.24) is 9.80 Å². The third kappa shape index (κ3) is 3.08. The van der Waals surface area contributed by atoms with Crippen molar-refractivity contribution in [3.8, 4) is 5.75 Å². The maximum Gasteiger partial charge on any atom is 0.124 e. The molecule has 4 heteroatoms. The van der Waals surface area contributed by atoms with Crippen LogP contribution < -0.4 is 4.74 Å². The van der Waals surface area contributed by atoms with E-state index >= 15 is 0 Å². The molecule has 19 heavy (non-hydrogen) atoms. The van der Waals surface area contributed by atoms with Crippen LogP contribution in [0.4, 0.5) is 0 Å². The van der Waals surface area contributed by atoms with E-state index in [0.29, 0.717) is 0 Å². The summed E-state index contributed by atoms with van der Waals surface area (Å²) in [5.74, 6) is 0.764. The molecule has 0 bridgehead atoms. The van der Waals surface area contributed by atoms with Gasteiger partial charge in [-0.15, -0.1) is 0 Å². The van der Waals surface area contributed by atoms with Crippen LogP contribution in [0.15, 0.2) is 18.2 Å². The Kier molecular flexibility index (Phi) is 4.45. The molecule has 0 aliphatic carbocycles. The van der Waals surface area contributed by atoms with E-state index in [2.05, 4.69) is 23.9 Å². The smallest absolute Gasteiger partial charge is 0.124 e. The second kappa shape index (κ2) is 5.90. The summed E-state index contributed by atoms with van der Waals surface area (Å²) < 4.78 is 5.38. The second-order valence-corrected chi connectivity index (χ2v) is 5.50. The van der Waals surface area contributed by atoms with Gasteiger partial charge in [0.25, 0.3) is 0 Å². The van der Waals surface area contributed by atoms with Crippen LogP contribution in [-0.4, -0.2) is 61.8 Å². The van der Waals surface area contributed by atoms with Gasteiger partial charge in [-0.1, -0.05) is 11.6 Å². The maximum atomic E-state index is 10.7. The predicted molar refractivity (Wildman–Crippen MR) is 76.6 cm³/mol. The fraction of sp³-hybridized carbons (Fsp3) is 0.600. The number of rotatable bonds is 3. The van der Waals surface area contributed by atoms with Crippen LogP contribution in [0.25, 0.3) is 0 Å². The summed E-state index contributed by atoms with van der Waals surface area (Å²) in [5.41, 5.74) is 2.02. The molecule has 0 amide bonds. The summed E-state index contributed by atoms with van der Waals surface area (Å²) in [6.45, 7) is 4.93. The van der Waals surface area contributed by atoms with Gasteiger partial charge in [-0.2, -0.15) is 0 Å². The topological polar surface area (TPSA) is 35.9 Å². The molecular formula is C15H24N2O2. The summed E-state index contributed by atoms with van der Waals surface area (Å²) in [6, 6.07) is 6.06. The van der Waals surface area contributed by atoms with Gasteiger partial charge in [0.05, 0.1) is 19.3 Å². The summed E-state index contributed by atoms with van der Waals surface area (Å²) in [5, 5.41) is 10.7. The van der Waals surface area contributed by atoms with E-state index in [1.165, 1.54) is 0 Å². The number of piperazine rings is 1. The van der Waals surface area contributed by atoms with Crippen LogP contribution in [-0.2, 0) is 0 Å². The molecule has 1 aliphatic heterocycles. The Morgan fingerprint density at radius 3 is 2.74 bits per heavy atom. The number of hydrogen-bond acceptors (Lipinski definition) is 4. The van der Waals surface area contributed by atoms with E-state index in [-0.39, 0.29) is 6.04 Å². The van der Waals surface area contributed by atoms with Crippen molar-refractivity contribution in [2.24, 2.45) is 0 Å². The standard InChI is InChI=1S/C15H24N2O2/c1-11-5-6-14(19-4)12(9-11)15(18)13-10-16(2)7-8-17(13)3/h5-6,9,13,15,18H,7-8,10H2,1-4H3. The highest BCUT2D eigenvalue weighted by Crippen LogP contribution is 2.31. The average molecular weight is 264 g/mol. The lowest BCUT2D eigenvalue weighted by atomic mass is 9.97. The molecule has 0 aromatic heterocycles. The molecule has 2 unspecified atom stereocenters. The fourth-order valence-electron chi connectivity index (χ4n) is 2.68. The predicted octanol–water partition coefficient (Wildman–Crippen LogP) is 1.28. The van der Waals surface area contributed by atoms with E-state index in [1.54, 1.807) is 7.11 Å². The number of aliphatic hydroxyl groups is 1. The van der Waals surface area contributed by atoms with E-state index in [1.807, 2.05) is 25.1 Å². The highest BCUT2D eigenvalue weighted by Gasteiger charge is 2.31. The number of likely N-dealkylation sites (N-methyl/N-ethyl adjacent to an activating group) is 2. The fourth-order valence-corrected chi connectivity index (χ4v) is 2.68. The first kappa shape index (κ1) is 14.3. The zero-order valence-electron chi connectivity index (χ0n) is 12.3. The molecule has 1 aromatic rings. The van der Waals surface area contributed by atoms with Gasteiger partial charge in [0, 0.05) is 25.2 Å². The normalized spacial score (nSPS) is 23.3. The first-order valence-corrected chi connectivity index (χ1v) is 6.74. The number of aliphatic hydroxyl groups excluding tert-OH is 1. The van der Waals surface area contributed by atoms with Gasteiger partial charge in [0.1, 0.15) is 5.75 Å². The molecule has 0 radical (unpaired) electrons. The lowest BCUT2D eigenvalue weighted by Crippen LogP contribution is -2.52. The first-order chi connectivity index (χ1) is 9.02. The lowest BCUT2D eigenvalue weighted by Gasteiger charge is -2.40. The number of aryl methyl sites for hydroxylation is 1. The molecule has 2 rings (SSSR count). The largest absolute Gasteiger partial charge is 0.496 e. The van der Waals surface area contributed by atoms with Gasteiger partial charge < -0.3 is 14.7 Å². The molecule has 106 valence electrons. The second-order valence-electron chi connectivity index (χ2n) is 5.50. The van der Waals surface area contributed by atoms with Gasteiger partial charge >= 0.3 is 0 Å². The Hall–Kier alpha value is -1.10. The number of nitrogens with zero attached hydrogens (tertiary/aromatic N) is 2. The highest BCUT2D eigenvalue weighted by molar-refractivity contribution is 5.39. The van der Waals surface area contributed by atoms with E-state index < -0.39 is 6.10 Å². The molecule has 2 atom stereocenters. The van der Waals surface area contributed by atoms with Crippen molar-refractivity contribution in [2.45, 2.75) is 19.1 Å². The third-order valence-corrected chi connectivity index (χ3v) is 3.97. The quantitative estimate of drug-likeness (QED) is 0.892. The molecule has 1 aromatic carbocycles. The Morgan fingerprint density at radius 1 is 1.32 bits per heavy atom. The van der Waals surface area contributed by atoms with Crippen LogP contribution in [0.3, 0.4) is 0 Å². The van der Waals surface area contributed by atoms with Crippen molar-refractivity contribution in [3.05, 3.63) is 29.3 Å². The monoisotopic (exact) mass is 264 g/mol. The van der Waals surface area contributed by atoms with Crippen molar-refractivity contribution < 1.29 is 9.84 Å². The van der Waals surface area contributed by atoms with Crippen LogP contribution in [0.5, 0.6) is 5.75 Å². The molecule has 1 N–H and O–H groups in total. The molecule has 1 fully saturated rings. The van der Waals surface area contributed by atoms with Crippen LogP contribution in [0.2, 0.25) is 0 Å². The van der Waals surface area contributed by atoms with E-state index in [4.69, 9.17) is 4.74 Å². The van der Waals surface area contributed by atoms with E-state index in [0.717, 1.165) is 36.5 Å². The minimum atomic E-state index is -0.525.